The molecule has 27 heavy (non-hydrogen) atoms. The fraction of sp³-hybridized carbons (Fsp3) is 0.100. The number of amides is 1. The van der Waals surface area contributed by atoms with E-state index in [-0.39, 0.29) is 5.75 Å². The summed E-state index contributed by atoms with van der Waals surface area (Å²) >= 11 is 3.33. The van der Waals surface area contributed by atoms with Crippen molar-refractivity contribution in [2.24, 2.45) is 5.10 Å². The number of halogens is 1. The van der Waals surface area contributed by atoms with Gasteiger partial charge in [0.15, 0.2) is 11.5 Å². The molecule has 0 spiro atoms. The molecule has 2 N–H and O–H groups in total. The largest absolute Gasteiger partial charge is 0.504 e. The average Bonchev–Trinajstić information content (AvgIpc) is 2.68. The molecule has 3 aromatic carbocycles. The smallest absolute Gasteiger partial charge is 0.275 e. The summed E-state index contributed by atoms with van der Waals surface area (Å²) in [6.07, 6.45) is 1.34. The summed E-state index contributed by atoms with van der Waals surface area (Å²) in [7, 11) is 2.96. The second kappa shape index (κ2) is 8.09. The Hall–Kier alpha value is -3.06. The molecule has 0 aliphatic carbocycles. The molecule has 0 fully saturated rings. The molecule has 138 valence electrons. The third kappa shape index (κ3) is 4.03. The molecule has 0 saturated heterocycles. The Labute approximate surface area is 164 Å². The van der Waals surface area contributed by atoms with E-state index in [2.05, 4.69) is 26.5 Å². The third-order valence-corrected chi connectivity index (χ3v) is 4.43. The molecule has 6 nitrogen and oxygen atoms in total. The van der Waals surface area contributed by atoms with Crippen LogP contribution in [0, 0.1) is 0 Å². The second-order valence-electron chi connectivity index (χ2n) is 5.64. The summed E-state index contributed by atoms with van der Waals surface area (Å²) in [6, 6.07) is 14.5. The number of methoxy groups -OCH3 is 2. The normalized spacial score (nSPS) is 10.9. The van der Waals surface area contributed by atoms with Gasteiger partial charge in [0.25, 0.3) is 5.91 Å². The fourth-order valence-electron chi connectivity index (χ4n) is 2.63. The van der Waals surface area contributed by atoms with Gasteiger partial charge in [-0.05, 0) is 35.0 Å². The minimum atomic E-state index is -0.421. The van der Waals surface area contributed by atoms with Gasteiger partial charge in [-0.2, -0.15) is 5.10 Å². The molecule has 1 amide bonds. The van der Waals surface area contributed by atoms with Crippen molar-refractivity contribution in [3.05, 3.63) is 64.1 Å². The van der Waals surface area contributed by atoms with Crippen LogP contribution in [0.3, 0.4) is 0 Å². The van der Waals surface area contributed by atoms with Gasteiger partial charge in [0.05, 0.1) is 26.0 Å². The number of phenols is 1. The first-order valence-electron chi connectivity index (χ1n) is 8.00. The van der Waals surface area contributed by atoms with Crippen LogP contribution in [0.5, 0.6) is 17.2 Å². The first kappa shape index (κ1) is 18.7. The predicted octanol–water partition coefficient (Wildman–Crippen LogP) is 4.09. The highest BCUT2D eigenvalue weighted by molar-refractivity contribution is 9.10. The summed E-state index contributed by atoms with van der Waals surface area (Å²) in [6.45, 7) is 0. The Morgan fingerprint density at radius 1 is 1.07 bits per heavy atom. The van der Waals surface area contributed by atoms with E-state index >= 15 is 0 Å². The van der Waals surface area contributed by atoms with Crippen LogP contribution in [-0.4, -0.2) is 31.4 Å². The summed E-state index contributed by atoms with van der Waals surface area (Å²) in [5.74, 6) is 0.263. The molecule has 0 atom stereocenters. The van der Waals surface area contributed by atoms with Crippen molar-refractivity contribution < 1.29 is 19.4 Å². The van der Waals surface area contributed by atoms with Crippen LogP contribution in [0.2, 0.25) is 0 Å². The number of hydrazone groups is 1. The monoisotopic (exact) mass is 428 g/mol. The van der Waals surface area contributed by atoms with Crippen LogP contribution in [-0.2, 0) is 0 Å². The maximum absolute atomic E-state index is 12.5. The van der Waals surface area contributed by atoms with E-state index in [4.69, 9.17) is 9.47 Å². The third-order valence-electron chi connectivity index (χ3n) is 3.97. The number of hydrogen-bond donors (Lipinski definition) is 2. The second-order valence-corrected chi connectivity index (χ2v) is 6.56. The van der Waals surface area contributed by atoms with E-state index in [1.165, 1.54) is 20.4 Å². The SMILES string of the molecule is COc1cc2ccccc2cc1C(=O)N/N=C\c1cc(Br)cc(OC)c1O. The first-order valence-corrected chi connectivity index (χ1v) is 8.79. The molecule has 0 radical (unpaired) electrons. The summed E-state index contributed by atoms with van der Waals surface area (Å²) < 4.78 is 11.1. The number of hydrogen-bond acceptors (Lipinski definition) is 5. The Morgan fingerprint density at radius 2 is 1.74 bits per heavy atom. The average molecular weight is 429 g/mol. The molecular weight excluding hydrogens is 412 g/mol. The van der Waals surface area contributed by atoms with Crippen molar-refractivity contribution >= 4 is 38.8 Å². The highest BCUT2D eigenvalue weighted by Gasteiger charge is 2.13. The lowest BCUT2D eigenvalue weighted by atomic mass is 10.1. The molecule has 0 bridgehead atoms. The lowest BCUT2D eigenvalue weighted by Gasteiger charge is -2.09. The Morgan fingerprint density at radius 3 is 2.41 bits per heavy atom. The first-order chi connectivity index (χ1) is 13.0. The number of benzene rings is 3. The molecular formula is C20H17BrN2O4. The number of aromatic hydroxyl groups is 1. The minimum absolute atomic E-state index is 0.0676. The highest BCUT2D eigenvalue weighted by atomic mass is 79.9. The number of carbonyl (C=O) groups is 1. The summed E-state index contributed by atoms with van der Waals surface area (Å²) in [5.41, 5.74) is 3.21. The van der Waals surface area contributed by atoms with Gasteiger partial charge in [-0.3, -0.25) is 4.79 Å². The van der Waals surface area contributed by atoms with E-state index in [9.17, 15) is 9.90 Å². The van der Waals surface area contributed by atoms with E-state index in [0.29, 0.717) is 27.1 Å². The van der Waals surface area contributed by atoms with Gasteiger partial charge in [0, 0.05) is 10.0 Å². The number of rotatable bonds is 5. The molecule has 3 rings (SSSR count). The molecule has 0 aliphatic rings. The lowest BCUT2D eigenvalue weighted by molar-refractivity contribution is 0.0952. The molecule has 3 aromatic rings. The van der Waals surface area contributed by atoms with Gasteiger partial charge >= 0.3 is 0 Å². The van der Waals surface area contributed by atoms with Gasteiger partial charge in [0.2, 0.25) is 0 Å². The molecule has 0 aliphatic heterocycles. The van der Waals surface area contributed by atoms with Gasteiger partial charge < -0.3 is 14.6 Å². The predicted molar refractivity (Wildman–Crippen MR) is 108 cm³/mol. The lowest BCUT2D eigenvalue weighted by Crippen LogP contribution is -2.18. The Balaban J connectivity index is 1.85. The van der Waals surface area contributed by atoms with Crippen LogP contribution in [0.4, 0.5) is 0 Å². The van der Waals surface area contributed by atoms with Crippen LogP contribution in [0.1, 0.15) is 15.9 Å². The van der Waals surface area contributed by atoms with Gasteiger partial charge in [-0.25, -0.2) is 5.43 Å². The molecule has 0 unspecified atom stereocenters. The van der Waals surface area contributed by atoms with Crippen LogP contribution in [0.15, 0.2) is 58.1 Å². The fourth-order valence-corrected chi connectivity index (χ4v) is 3.09. The van der Waals surface area contributed by atoms with Crippen molar-refractivity contribution in [1.29, 1.82) is 0 Å². The molecule has 0 aromatic heterocycles. The van der Waals surface area contributed by atoms with Gasteiger partial charge in [-0.1, -0.05) is 40.2 Å². The molecule has 0 heterocycles. The zero-order valence-corrected chi connectivity index (χ0v) is 16.3. The van der Waals surface area contributed by atoms with E-state index < -0.39 is 5.91 Å². The maximum Gasteiger partial charge on any atom is 0.275 e. The van der Waals surface area contributed by atoms with Crippen molar-refractivity contribution in [2.75, 3.05) is 14.2 Å². The van der Waals surface area contributed by atoms with E-state index in [0.717, 1.165) is 10.8 Å². The number of nitrogens with one attached hydrogen (secondary N) is 1. The summed E-state index contributed by atoms with van der Waals surface area (Å²) in [5, 5.41) is 16.0. The van der Waals surface area contributed by atoms with Crippen molar-refractivity contribution in [2.45, 2.75) is 0 Å². The van der Waals surface area contributed by atoms with Crippen molar-refractivity contribution in [3.8, 4) is 17.2 Å². The maximum atomic E-state index is 12.5. The van der Waals surface area contributed by atoms with Crippen molar-refractivity contribution in [1.82, 2.24) is 5.43 Å². The van der Waals surface area contributed by atoms with Crippen LogP contribution >= 0.6 is 15.9 Å². The van der Waals surface area contributed by atoms with E-state index in [1.807, 2.05) is 24.3 Å². The van der Waals surface area contributed by atoms with Crippen molar-refractivity contribution in [3.63, 3.8) is 0 Å². The van der Waals surface area contributed by atoms with Crippen LogP contribution < -0.4 is 14.9 Å². The molecule has 7 heteroatoms. The number of fused-ring (bicyclic) bond motifs is 1. The molecule has 0 saturated carbocycles. The van der Waals surface area contributed by atoms with Crippen LogP contribution in [0.25, 0.3) is 10.8 Å². The number of ether oxygens (including phenoxy) is 2. The quantitative estimate of drug-likeness (QED) is 0.473. The Bertz CT molecular complexity index is 1030. The summed E-state index contributed by atoms with van der Waals surface area (Å²) in [4.78, 5) is 12.5. The zero-order valence-electron chi connectivity index (χ0n) is 14.7. The number of phenolic OH excluding ortho intramolecular Hbond substituents is 1. The van der Waals surface area contributed by atoms with Gasteiger partial charge in [0.1, 0.15) is 5.75 Å². The van der Waals surface area contributed by atoms with Gasteiger partial charge in [-0.15, -0.1) is 0 Å². The van der Waals surface area contributed by atoms with E-state index in [1.54, 1.807) is 24.3 Å². The zero-order chi connectivity index (χ0) is 19.4. The standard InChI is InChI=1S/C20H17BrN2O4/c1-26-17-9-13-6-4-3-5-12(13)8-16(17)20(25)23-22-11-14-7-15(21)10-18(27-2)19(14)24/h3-11,24H,1-2H3,(H,23,25)/b22-11-. The highest BCUT2D eigenvalue weighted by Crippen LogP contribution is 2.32. The Kier molecular flexibility index (Phi) is 5.61. The number of nitrogens with zero attached hydrogens (tertiary/aromatic N) is 1. The topological polar surface area (TPSA) is 80.2 Å². The minimum Gasteiger partial charge on any atom is -0.504 e. The number of carbonyl (C=O) groups excluding carboxylic acids is 1.